The first-order valence-corrected chi connectivity index (χ1v) is 12.3. The molecule has 1 aliphatic heterocycles. The van der Waals surface area contributed by atoms with Crippen LogP contribution in [0, 0.1) is 6.92 Å². The molecule has 0 aliphatic carbocycles. The molecule has 0 saturated carbocycles. The summed E-state index contributed by atoms with van der Waals surface area (Å²) in [5.41, 5.74) is 2.70. The van der Waals surface area contributed by atoms with Crippen LogP contribution in [0.4, 0.5) is 5.82 Å². The lowest BCUT2D eigenvalue weighted by Gasteiger charge is -2.14. The van der Waals surface area contributed by atoms with Crippen LogP contribution in [0.2, 0.25) is 0 Å². The number of aryl methyl sites for hydroxylation is 1. The van der Waals surface area contributed by atoms with Gasteiger partial charge < -0.3 is 10.1 Å². The summed E-state index contributed by atoms with van der Waals surface area (Å²) in [7, 11) is 1.63. The van der Waals surface area contributed by atoms with Crippen molar-refractivity contribution in [2.75, 3.05) is 25.5 Å². The largest absolute Gasteiger partial charge is 0.497 e. The molecule has 1 aromatic carbocycles. The van der Waals surface area contributed by atoms with Crippen LogP contribution in [-0.4, -0.2) is 44.7 Å². The van der Waals surface area contributed by atoms with E-state index in [0.717, 1.165) is 23.3 Å². The lowest BCUT2D eigenvalue weighted by Crippen LogP contribution is -2.30. The monoisotopic (exact) mass is 494 g/mol. The van der Waals surface area contributed by atoms with E-state index < -0.39 is 0 Å². The lowest BCUT2D eigenvalue weighted by molar-refractivity contribution is -0.122. The molecule has 1 N–H and O–H groups in total. The predicted molar refractivity (Wildman–Crippen MR) is 142 cm³/mol. The number of thioether (sulfide) groups is 1. The van der Waals surface area contributed by atoms with Gasteiger partial charge in [0, 0.05) is 19.3 Å². The van der Waals surface area contributed by atoms with Crippen molar-refractivity contribution in [2.45, 2.75) is 26.7 Å². The van der Waals surface area contributed by atoms with E-state index in [1.807, 2.05) is 50.2 Å². The molecule has 3 heterocycles. The predicted octanol–water partition coefficient (Wildman–Crippen LogP) is 4.28. The van der Waals surface area contributed by atoms with Gasteiger partial charge in [-0.15, -0.1) is 0 Å². The van der Waals surface area contributed by atoms with Gasteiger partial charge in [-0.2, -0.15) is 0 Å². The second-order valence-electron chi connectivity index (χ2n) is 7.92. The number of carbonyl (C=O) groups is 1. The normalized spacial score (nSPS) is 14.9. The molecule has 0 spiro atoms. The number of thiocarbonyl (C=S) groups is 1. The minimum absolute atomic E-state index is 0.196. The Morgan fingerprint density at radius 2 is 1.97 bits per heavy atom. The number of hydrogen-bond acceptors (Lipinski definition) is 7. The molecule has 1 fully saturated rings. The summed E-state index contributed by atoms with van der Waals surface area (Å²) in [5, 5.41) is 3.24. The van der Waals surface area contributed by atoms with Crippen molar-refractivity contribution in [1.82, 2.24) is 14.3 Å². The highest BCUT2D eigenvalue weighted by atomic mass is 32.2. The summed E-state index contributed by atoms with van der Waals surface area (Å²) in [6, 6.07) is 11.5. The molecule has 1 saturated heterocycles. The van der Waals surface area contributed by atoms with Gasteiger partial charge in [-0.05, 0) is 55.2 Å². The number of methoxy groups -OCH3 is 1. The highest BCUT2D eigenvalue weighted by Gasteiger charge is 2.32. The van der Waals surface area contributed by atoms with Gasteiger partial charge in [0.05, 0.1) is 17.6 Å². The van der Waals surface area contributed by atoms with Crippen LogP contribution >= 0.6 is 24.0 Å². The zero-order valence-corrected chi connectivity index (χ0v) is 21.0. The zero-order chi connectivity index (χ0) is 24.2. The van der Waals surface area contributed by atoms with Gasteiger partial charge in [0.15, 0.2) is 0 Å². The van der Waals surface area contributed by atoms with Gasteiger partial charge in [0.2, 0.25) is 0 Å². The number of amides is 1. The van der Waals surface area contributed by atoms with Crippen LogP contribution < -0.4 is 15.6 Å². The molecule has 9 heteroatoms. The van der Waals surface area contributed by atoms with Gasteiger partial charge in [0.25, 0.3) is 11.5 Å². The van der Waals surface area contributed by atoms with Crippen LogP contribution in [0.25, 0.3) is 11.7 Å². The van der Waals surface area contributed by atoms with E-state index >= 15 is 0 Å². The van der Waals surface area contributed by atoms with E-state index in [1.54, 1.807) is 24.3 Å². The molecular weight excluding hydrogens is 468 g/mol. The van der Waals surface area contributed by atoms with Gasteiger partial charge >= 0.3 is 0 Å². The number of pyridine rings is 1. The summed E-state index contributed by atoms with van der Waals surface area (Å²) >= 11 is 6.70. The Morgan fingerprint density at radius 1 is 1.21 bits per heavy atom. The molecule has 1 amide bonds. The molecule has 0 atom stereocenters. The number of nitrogens with one attached hydrogen (secondary N) is 1. The van der Waals surface area contributed by atoms with E-state index in [-0.39, 0.29) is 11.5 Å². The van der Waals surface area contributed by atoms with Crippen LogP contribution in [0.1, 0.15) is 30.0 Å². The van der Waals surface area contributed by atoms with Crippen molar-refractivity contribution in [2.24, 2.45) is 0 Å². The van der Waals surface area contributed by atoms with E-state index in [9.17, 15) is 9.59 Å². The second-order valence-corrected chi connectivity index (χ2v) is 9.60. The first-order valence-electron chi connectivity index (χ1n) is 11.1. The van der Waals surface area contributed by atoms with Crippen LogP contribution in [0.3, 0.4) is 0 Å². The zero-order valence-electron chi connectivity index (χ0n) is 19.3. The van der Waals surface area contributed by atoms with Crippen LogP contribution in [0.15, 0.2) is 52.3 Å². The average molecular weight is 495 g/mol. The maximum absolute atomic E-state index is 13.3. The average Bonchev–Trinajstić information content (AvgIpc) is 3.11. The third kappa shape index (κ3) is 4.85. The molecule has 2 aromatic heterocycles. The second kappa shape index (κ2) is 10.4. The number of aromatic nitrogens is 2. The maximum atomic E-state index is 13.3. The van der Waals surface area contributed by atoms with Crippen LogP contribution in [-0.2, 0) is 11.2 Å². The summed E-state index contributed by atoms with van der Waals surface area (Å²) in [4.78, 5) is 33.2. The molecule has 7 nitrogen and oxygen atoms in total. The number of ether oxygens (including phenoxy) is 1. The lowest BCUT2D eigenvalue weighted by atomic mass is 10.1. The summed E-state index contributed by atoms with van der Waals surface area (Å²) in [5.74, 6) is 1.07. The van der Waals surface area contributed by atoms with Gasteiger partial charge in [-0.1, -0.05) is 49.1 Å². The standard InChI is InChI=1S/C25H26N4O3S2/c1-4-12-26-21-19(23(30)28-13-5-6-16(2)22(28)27-21)15-20-24(31)29(25(33)34-20)14-11-17-7-9-18(32-3)10-8-17/h5-10,13,15,26H,4,11-12,14H2,1-3H3. The van der Waals surface area contributed by atoms with Crippen molar-refractivity contribution in [3.05, 3.63) is 74.5 Å². The van der Waals surface area contributed by atoms with Crippen LogP contribution in [0.5, 0.6) is 5.75 Å². The third-order valence-corrected chi connectivity index (χ3v) is 6.94. The van der Waals surface area contributed by atoms with Crippen molar-refractivity contribution in [3.8, 4) is 5.75 Å². The minimum Gasteiger partial charge on any atom is -0.497 e. The Bertz CT molecular complexity index is 1330. The number of benzene rings is 1. The first-order chi connectivity index (χ1) is 16.4. The van der Waals surface area contributed by atoms with E-state index in [4.69, 9.17) is 21.9 Å². The molecule has 176 valence electrons. The molecule has 3 aromatic rings. The fourth-order valence-corrected chi connectivity index (χ4v) is 4.97. The van der Waals surface area contributed by atoms with Gasteiger partial charge in [-0.3, -0.25) is 18.9 Å². The first kappa shape index (κ1) is 24.0. The fraction of sp³-hybridized carbons (Fsp3) is 0.280. The third-order valence-electron chi connectivity index (χ3n) is 5.56. The highest BCUT2D eigenvalue weighted by Crippen LogP contribution is 2.33. The molecule has 0 bridgehead atoms. The molecule has 1 aliphatic rings. The number of hydrogen-bond donors (Lipinski definition) is 1. The molecule has 0 radical (unpaired) electrons. The summed E-state index contributed by atoms with van der Waals surface area (Å²) in [6.45, 7) is 5.08. The Morgan fingerprint density at radius 3 is 2.68 bits per heavy atom. The maximum Gasteiger partial charge on any atom is 0.267 e. The quantitative estimate of drug-likeness (QED) is 0.370. The summed E-state index contributed by atoms with van der Waals surface area (Å²) in [6.07, 6.45) is 4.85. The molecule has 4 rings (SSSR count). The van der Waals surface area contributed by atoms with Crippen molar-refractivity contribution in [1.29, 1.82) is 0 Å². The Kier molecular flexibility index (Phi) is 7.33. The van der Waals surface area contributed by atoms with Gasteiger partial charge in [-0.25, -0.2) is 4.98 Å². The Labute approximate surface area is 207 Å². The molecule has 0 unspecified atom stereocenters. The van der Waals surface area contributed by atoms with E-state index in [1.165, 1.54) is 16.2 Å². The van der Waals surface area contributed by atoms with E-state index in [2.05, 4.69) is 5.32 Å². The Balaban J connectivity index is 1.63. The van der Waals surface area contributed by atoms with E-state index in [0.29, 0.717) is 45.8 Å². The summed E-state index contributed by atoms with van der Waals surface area (Å²) < 4.78 is 7.20. The number of rotatable bonds is 8. The number of nitrogens with zero attached hydrogens (tertiary/aromatic N) is 3. The van der Waals surface area contributed by atoms with Crippen molar-refractivity contribution >= 4 is 51.7 Å². The SMILES string of the molecule is CCCNc1nc2c(C)cccn2c(=O)c1C=C1SC(=S)N(CCc2ccc(OC)cc2)C1=O. The number of fused-ring (bicyclic) bond motifs is 1. The highest BCUT2D eigenvalue weighted by molar-refractivity contribution is 8.26. The van der Waals surface area contributed by atoms with Crippen molar-refractivity contribution in [3.63, 3.8) is 0 Å². The van der Waals surface area contributed by atoms with Crippen molar-refractivity contribution < 1.29 is 9.53 Å². The van der Waals surface area contributed by atoms with Gasteiger partial charge in [0.1, 0.15) is 21.5 Å². The topological polar surface area (TPSA) is 75.9 Å². The smallest absolute Gasteiger partial charge is 0.267 e. The Hall–Kier alpha value is -3.17. The molecule has 34 heavy (non-hydrogen) atoms. The fourth-order valence-electron chi connectivity index (χ4n) is 3.68. The minimum atomic E-state index is -0.226. The molecular formula is C25H26N4O3S2. The number of carbonyl (C=O) groups excluding carboxylic acids is 1. The number of anilines is 1.